The molecule has 0 amide bonds. The number of nitrogens with zero attached hydrogens (tertiary/aromatic N) is 1. The molecular weight excluding hydrogens is 238 g/mol. The van der Waals surface area contributed by atoms with Crippen LogP contribution in [0.3, 0.4) is 0 Å². The maximum absolute atomic E-state index is 10.5. The van der Waals surface area contributed by atoms with E-state index < -0.39 is 5.97 Å². The Bertz CT molecular complexity index is 391. The lowest BCUT2D eigenvalue weighted by molar-refractivity contribution is -0.137. The van der Waals surface area contributed by atoms with E-state index in [4.69, 9.17) is 5.11 Å². The number of hydrogen-bond donors (Lipinski definition) is 1. The zero-order valence-electron chi connectivity index (χ0n) is 11.4. The van der Waals surface area contributed by atoms with Gasteiger partial charge in [0.25, 0.3) is 0 Å². The van der Waals surface area contributed by atoms with Crippen LogP contribution in [0.5, 0.6) is 0 Å². The lowest BCUT2D eigenvalue weighted by Gasteiger charge is -2.24. The third kappa shape index (κ3) is 4.67. The first-order valence-electron chi connectivity index (χ1n) is 7.25. The molecule has 0 spiro atoms. The third-order valence-corrected chi connectivity index (χ3v) is 3.90. The molecule has 1 aromatic carbocycles. The van der Waals surface area contributed by atoms with Gasteiger partial charge < -0.3 is 10.0 Å². The SMILES string of the molecule is O=C(O)CCCCN1CCCC1Cc1ccccc1. The van der Waals surface area contributed by atoms with Gasteiger partial charge in [-0.25, -0.2) is 0 Å². The number of rotatable bonds is 7. The van der Waals surface area contributed by atoms with Crippen LogP contribution in [-0.4, -0.2) is 35.1 Å². The van der Waals surface area contributed by atoms with E-state index in [-0.39, 0.29) is 0 Å². The monoisotopic (exact) mass is 261 g/mol. The average Bonchev–Trinajstić information content (AvgIpc) is 2.83. The maximum atomic E-state index is 10.5. The van der Waals surface area contributed by atoms with Gasteiger partial charge in [-0.3, -0.25) is 4.79 Å². The fraction of sp³-hybridized carbons (Fsp3) is 0.562. The Labute approximate surface area is 115 Å². The van der Waals surface area contributed by atoms with Crippen molar-refractivity contribution < 1.29 is 9.90 Å². The Balaban J connectivity index is 1.75. The molecule has 1 atom stereocenters. The Morgan fingerprint density at radius 1 is 1.26 bits per heavy atom. The summed E-state index contributed by atoms with van der Waals surface area (Å²) in [7, 11) is 0. The van der Waals surface area contributed by atoms with Crippen LogP contribution in [0.2, 0.25) is 0 Å². The van der Waals surface area contributed by atoms with Gasteiger partial charge in [-0.1, -0.05) is 30.3 Å². The second-order valence-electron chi connectivity index (χ2n) is 5.37. The second kappa shape index (κ2) is 7.29. The minimum atomic E-state index is -0.678. The number of benzene rings is 1. The standard InChI is InChI=1S/C16H23NO2/c18-16(19)10-4-5-11-17-12-6-9-15(17)13-14-7-2-1-3-8-14/h1-3,7-8,15H,4-6,9-13H2,(H,18,19). The summed E-state index contributed by atoms with van der Waals surface area (Å²) in [5.74, 6) is -0.678. The summed E-state index contributed by atoms with van der Waals surface area (Å²) in [6, 6.07) is 11.3. The van der Waals surface area contributed by atoms with Crippen molar-refractivity contribution >= 4 is 5.97 Å². The van der Waals surface area contributed by atoms with Gasteiger partial charge in [0.05, 0.1) is 0 Å². The van der Waals surface area contributed by atoms with Crippen molar-refractivity contribution in [3.8, 4) is 0 Å². The largest absolute Gasteiger partial charge is 0.481 e. The molecule has 0 aliphatic carbocycles. The number of carboxylic acids is 1. The Morgan fingerprint density at radius 3 is 2.79 bits per heavy atom. The van der Waals surface area contributed by atoms with Gasteiger partial charge in [-0.2, -0.15) is 0 Å². The third-order valence-electron chi connectivity index (χ3n) is 3.90. The highest BCUT2D eigenvalue weighted by atomic mass is 16.4. The smallest absolute Gasteiger partial charge is 0.303 e. The van der Waals surface area contributed by atoms with E-state index in [0.29, 0.717) is 12.5 Å². The summed E-state index contributed by atoms with van der Waals surface area (Å²) in [5, 5.41) is 8.64. The summed E-state index contributed by atoms with van der Waals surface area (Å²) in [6.45, 7) is 2.22. The number of hydrogen-bond acceptors (Lipinski definition) is 2. The predicted octanol–water partition coefficient (Wildman–Crippen LogP) is 2.95. The summed E-state index contributed by atoms with van der Waals surface area (Å²) in [5.41, 5.74) is 1.41. The van der Waals surface area contributed by atoms with Crippen LogP contribution in [0.15, 0.2) is 30.3 Å². The molecule has 3 nitrogen and oxygen atoms in total. The molecule has 1 saturated heterocycles. The quantitative estimate of drug-likeness (QED) is 0.767. The number of unbranched alkanes of at least 4 members (excludes halogenated alkanes) is 1. The van der Waals surface area contributed by atoms with Gasteiger partial charge in [0.2, 0.25) is 0 Å². The van der Waals surface area contributed by atoms with Crippen molar-refractivity contribution in [1.29, 1.82) is 0 Å². The van der Waals surface area contributed by atoms with Crippen molar-refractivity contribution in [2.24, 2.45) is 0 Å². The molecule has 0 aromatic heterocycles. The molecule has 19 heavy (non-hydrogen) atoms. The highest BCUT2D eigenvalue weighted by Gasteiger charge is 2.23. The predicted molar refractivity (Wildman–Crippen MR) is 76.2 cm³/mol. The lowest BCUT2D eigenvalue weighted by Crippen LogP contribution is -2.32. The zero-order chi connectivity index (χ0) is 13.5. The van der Waals surface area contributed by atoms with Gasteiger partial charge in [0.15, 0.2) is 0 Å². The van der Waals surface area contributed by atoms with Gasteiger partial charge in [0.1, 0.15) is 0 Å². The van der Waals surface area contributed by atoms with Crippen molar-refractivity contribution in [3.63, 3.8) is 0 Å². The van der Waals surface area contributed by atoms with Crippen LogP contribution in [0.4, 0.5) is 0 Å². The molecule has 1 heterocycles. The zero-order valence-corrected chi connectivity index (χ0v) is 11.4. The summed E-state index contributed by atoms with van der Waals surface area (Å²) in [6.07, 6.45) is 5.77. The van der Waals surface area contributed by atoms with E-state index >= 15 is 0 Å². The molecule has 0 bridgehead atoms. The van der Waals surface area contributed by atoms with Crippen molar-refractivity contribution in [1.82, 2.24) is 4.90 Å². The van der Waals surface area contributed by atoms with Crippen molar-refractivity contribution in [2.45, 2.75) is 44.6 Å². The molecule has 3 heteroatoms. The van der Waals surface area contributed by atoms with Gasteiger partial charge in [0, 0.05) is 12.5 Å². The van der Waals surface area contributed by atoms with E-state index in [1.807, 2.05) is 0 Å². The van der Waals surface area contributed by atoms with Crippen LogP contribution in [-0.2, 0) is 11.2 Å². The molecule has 1 aliphatic heterocycles. The average molecular weight is 261 g/mol. The summed E-state index contributed by atoms with van der Waals surface area (Å²) < 4.78 is 0. The van der Waals surface area contributed by atoms with Crippen LogP contribution in [0.25, 0.3) is 0 Å². The summed E-state index contributed by atoms with van der Waals surface area (Å²) in [4.78, 5) is 13.0. The van der Waals surface area contributed by atoms with Crippen LogP contribution >= 0.6 is 0 Å². The van der Waals surface area contributed by atoms with E-state index in [0.717, 1.165) is 25.8 Å². The van der Waals surface area contributed by atoms with Crippen LogP contribution in [0.1, 0.15) is 37.7 Å². The number of carboxylic acid groups (broad SMARTS) is 1. The first-order chi connectivity index (χ1) is 9.25. The first kappa shape index (κ1) is 14.1. The van der Waals surface area contributed by atoms with E-state index in [1.54, 1.807) is 0 Å². The molecule has 0 saturated carbocycles. The van der Waals surface area contributed by atoms with Crippen LogP contribution < -0.4 is 0 Å². The van der Waals surface area contributed by atoms with Crippen molar-refractivity contribution in [3.05, 3.63) is 35.9 Å². The molecule has 0 radical (unpaired) electrons. The fourth-order valence-corrected chi connectivity index (χ4v) is 2.90. The molecule has 1 aliphatic rings. The van der Waals surface area contributed by atoms with Crippen LogP contribution in [0, 0.1) is 0 Å². The lowest BCUT2D eigenvalue weighted by atomic mass is 10.0. The minimum Gasteiger partial charge on any atom is -0.481 e. The fourth-order valence-electron chi connectivity index (χ4n) is 2.90. The van der Waals surface area contributed by atoms with Gasteiger partial charge in [-0.15, -0.1) is 0 Å². The van der Waals surface area contributed by atoms with E-state index in [2.05, 4.69) is 35.2 Å². The normalized spacial score (nSPS) is 19.7. The molecular formula is C16H23NO2. The van der Waals surface area contributed by atoms with E-state index in [9.17, 15) is 4.79 Å². The number of aliphatic carboxylic acids is 1. The molecule has 1 N–H and O–H groups in total. The highest BCUT2D eigenvalue weighted by molar-refractivity contribution is 5.66. The first-order valence-corrected chi connectivity index (χ1v) is 7.25. The Morgan fingerprint density at radius 2 is 2.05 bits per heavy atom. The van der Waals surface area contributed by atoms with Gasteiger partial charge >= 0.3 is 5.97 Å². The van der Waals surface area contributed by atoms with Gasteiger partial charge in [-0.05, 0) is 50.8 Å². The number of carbonyl (C=O) groups is 1. The molecule has 2 rings (SSSR count). The highest BCUT2D eigenvalue weighted by Crippen LogP contribution is 2.21. The minimum absolute atomic E-state index is 0.303. The summed E-state index contributed by atoms with van der Waals surface area (Å²) >= 11 is 0. The molecule has 1 fully saturated rings. The van der Waals surface area contributed by atoms with Crippen molar-refractivity contribution in [2.75, 3.05) is 13.1 Å². The molecule has 1 aromatic rings. The molecule has 104 valence electrons. The topological polar surface area (TPSA) is 40.5 Å². The van der Waals surface area contributed by atoms with E-state index in [1.165, 1.54) is 24.9 Å². The molecule has 1 unspecified atom stereocenters. The Hall–Kier alpha value is -1.35. The second-order valence-corrected chi connectivity index (χ2v) is 5.37. The Kier molecular flexibility index (Phi) is 5.40. The maximum Gasteiger partial charge on any atom is 0.303 e. The number of likely N-dealkylation sites (tertiary alicyclic amines) is 1.